The van der Waals surface area contributed by atoms with Crippen molar-refractivity contribution >= 4 is 23.4 Å². The molecule has 0 saturated carbocycles. The number of nitrogens with one attached hydrogen (secondary N) is 1. The van der Waals surface area contributed by atoms with Gasteiger partial charge in [-0.2, -0.15) is 0 Å². The van der Waals surface area contributed by atoms with Crippen LogP contribution in [0.2, 0.25) is 0 Å². The molecule has 4 heteroatoms. The normalized spacial score (nSPS) is 14.2. The van der Waals surface area contributed by atoms with Gasteiger partial charge in [-0.3, -0.25) is 4.79 Å². The van der Waals surface area contributed by atoms with E-state index < -0.39 is 5.54 Å². The Morgan fingerprint density at radius 2 is 2.25 bits per heavy atom. The molecule has 3 N–H and O–H groups in total. The number of thioether (sulfide) groups is 1. The molecule has 1 rings (SSSR count). The molecule has 1 amide bonds. The predicted octanol–water partition coefficient (Wildman–Crippen LogP) is 2.47. The van der Waals surface area contributed by atoms with Crippen LogP contribution in [-0.2, 0) is 4.79 Å². The molecule has 0 bridgehead atoms. The molecule has 0 aliphatic carbocycles. The number of amides is 1. The number of hydrogen-bond donors (Lipinski definition) is 2. The predicted molar refractivity (Wildman–Crippen MR) is 69.7 cm³/mol. The van der Waals surface area contributed by atoms with Crippen LogP contribution in [0, 0.1) is 0 Å². The molecule has 0 aromatic heterocycles. The molecule has 0 fully saturated rings. The minimum atomic E-state index is -0.810. The van der Waals surface area contributed by atoms with E-state index >= 15 is 0 Å². The van der Waals surface area contributed by atoms with E-state index in [1.807, 2.05) is 37.4 Å². The Hall–Kier alpha value is -1.00. The van der Waals surface area contributed by atoms with Gasteiger partial charge >= 0.3 is 0 Å². The molecule has 0 heterocycles. The molecule has 0 radical (unpaired) electrons. The minimum absolute atomic E-state index is 0.145. The van der Waals surface area contributed by atoms with E-state index in [2.05, 4.69) is 5.32 Å². The molecule has 0 aliphatic heterocycles. The maximum Gasteiger partial charge on any atom is 0.244 e. The van der Waals surface area contributed by atoms with Crippen LogP contribution in [0.1, 0.15) is 20.3 Å². The minimum Gasteiger partial charge on any atom is -0.324 e. The molecular formula is C12H18N2OS. The van der Waals surface area contributed by atoms with Crippen LogP contribution < -0.4 is 11.1 Å². The third-order valence-electron chi connectivity index (χ3n) is 2.58. The first-order valence-electron chi connectivity index (χ1n) is 5.24. The fourth-order valence-electron chi connectivity index (χ4n) is 1.14. The quantitative estimate of drug-likeness (QED) is 0.792. The molecule has 3 nitrogen and oxygen atoms in total. The maximum absolute atomic E-state index is 11.8. The highest BCUT2D eigenvalue weighted by atomic mass is 32.2. The highest BCUT2D eigenvalue weighted by Gasteiger charge is 2.25. The Bertz CT molecular complexity index is 377. The van der Waals surface area contributed by atoms with Crippen molar-refractivity contribution in [2.45, 2.75) is 30.7 Å². The SMILES string of the molecule is CCC(C)(N)C(=O)Nc1cccc(SC)c1. The van der Waals surface area contributed by atoms with E-state index in [0.29, 0.717) is 6.42 Å². The van der Waals surface area contributed by atoms with Crippen LogP contribution in [0.5, 0.6) is 0 Å². The largest absolute Gasteiger partial charge is 0.324 e. The zero-order valence-corrected chi connectivity index (χ0v) is 10.7. The highest BCUT2D eigenvalue weighted by Crippen LogP contribution is 2.20. The monoisotopic (exact) mass is 238 g/mol. The van der Waals surface area contributed by atoms with Gasteiger partial charge in [0.05, 0.1) is 5.54 Å². The number of carbonyl (C=O) groups excluding carboxylic acids is 1. The number of rotatable bonds is 4. The third-order valence-corrected chi connectivity index (χ3v) is 3.31. The second kappa shape index (κ2) is 5.37. The summed E-state index contributed by atoms with van der Waals surface area (Å²) in [5, 5.41) is 2.83. The van der Waals surface area contributed by atoms with Crippen LogP contribution in [-0.4, -0.2) is 17.7 Å². The van der Waals surface area contributed by atoms with Crippen LogP contribution >= 0.6 is 11.8 Å². The summed E-state index contributed by atoms with van der Waals surface area (Å²) < 4.78 is 0. The van der Waals surface area contributed by atoms with Crippen molar-refractivity contribution in [1.29, 1.82) is 0 Å². The molecule has 1 atom stereocenters. The van der Waals surface area contributed by atoms with Crippen molar-refractivity contribution in [2.24, 2.45) is 5.73 Å². The molecule has 1 aromatic carbocycles. The Morgan fingerprint density at radius 1 is 1.56 bits per heavy atom. The Labute approximate surface area is 101 Å². The molecule has 1 unspecified atom stereocenters. The average Bonchev–Trinajstić information content (AvgIpc) is 2.29. The second-order valence-electron chi connectivity index (χ2n) is 3.96. The van der Waals surface area contributed by atoms with Gasteiger partial charge in [-0.1, -0.05) is 13.0 Å². The Kier molecular flexibility index (Phi) is 4.38. The summed E-state index contributed by atoms with van der Waals surface area (Å²) in [5.41, 5.74) is 5.84. The second-order valence-corrected chi connectivity index (χ2v) is 4.84. The maximum atomic E-state index is 11.8. The zero-order valence-electron chi connectivity index (χ0n) is 9.91. The summed E-state index contributed by atoms with van der Waals surface area (Å²) in [5.74, 6) is -0.145. The van der Waals surface area contributed by atoms with Gasteiger partial charge in [0.15, 0.2) is 0 Å². The van der Waals surface area contributed by atoms with Crippen LogP contribution in [0.15, 0.2) is 29.2 Å². The Balaban J connectivity index is 2.77. The first-order valence-corrected chi connectivity index (χ1v) is 6.46. The van der Waals surface area contributed by atoms with Gasteiger partial charge in [0.2, 0.25) is 5.91 Å². The smallest absolute Gasteiger partial charge is 0.244 e. The number of hydrogen-bond acceptors (Lipinski definition) is 3. The summed E-state index contributed by atoms with van der Waals surface area (Å²) in [6.07, 6.45) is 2.61. The van der Waals surface area contributed by atoms with Crippen molar-refractivity contribution in [2.75, 3.05) is 11.6 Å². The number of carbonyl (C=O) groups is 1. The molecule has 1 aromatic rings. The molecule has 0 aliphatic rings. The van der Waals surface area contributed by atoms with Gasteiger partial charge < -0.3 is 11.1 Å². The fraction of sp³-hybridized carbons (Fsp3) is 0.417. The summed E-state index contributed by atoms with van der Waals surface area (Å²) in [6.45, 7) is 3.64. The fourth-order valence-corrected chi connectivity index (χ4v) is 1.59. The summed E-state index contributed by atoms with van der Waals surface area (Å²) >= 11 is 1.64. The van der Waals surface area contributed by atoms with Gasteiger partial charge in [0.25, 0.3) is 0 Å². The lowest BCUT2D eigenvalue weighted by molar-refractivity contribution is -0.120. The number of benzene rings is 1. The number of anilines is 1. The number of nitrogens with two attached hydrogens (primary N) is 1. The van der Waals surface area contributed by atoms with Gasteiger partial charge in [0.1, 0.15) is 0 Å². The van der Waals surface area contributed by atoms with E-state index in [-0.39, 0.29) is 5.91 Å². The highest BCUT2D eigenvalue weighted by molar-refractivity contribution is 7.98. The molecule has 16 heavy (non-hydrogen) atoms. The summed E-state index contributed by atoms with van der Waals surface area (Å²) in [6, 6.07) is 7.72. The molecule has 88 valence electrons. The molecule has 0 spiro atoms. The van der Waals surface area contributed by atoms with E-state index in [4.69, 9.17) is 5.73 Å². The van der Waals surface area contributed by atoms with Gasteiger partial charge in [-0.05, 0) is 37.8 Å². The van der Waals surface area contributed by atoms with Crippen molar-refractivity contribution < 1.29 is 4.79 Å². The van der Waals surface area contributed by atoms with Crippen LogP contribution in [0.25, 0.3) is 0 Å². The standard InChI is InChI=1S/C12H18N2OS/c1-4-12(2,13)11(15)14-9-6-5-7-10(8-9)16-3/h5-8H,4,13H2,1-3H3,(H,14,15). The first-order chi connectivity index (χ1) is 7.49. The first kappa shape index (κ1) is 13.1. The van der Waals surface area contributed by atoms with Gasteiger partial charge in [-0.25, -0.2) is 0 Å². The van der Waals surface area contributed by atoms with Crippen molar-refractivity contribution in [3.05, 3.63) is 24.3 Å². The lowest BCUT2D eigenvalue weighted by Gasteiger charge is -2.21. The van der Waals surface area contributed by atoms with Gasteiger partial charge in [0, 0.05) is 10.6 Å². The Morgan fingerprint density at radius 3 is 2.81 bits per heavy atom. The lowest BCUT2D eigenvalue weighted by Crippen LogP contribution is -2.47. The molecule has 0 saturated heterocycles. The van der Waals surface area contributed by atoms with E-state index in [1.165, 1.54) is 0 Å². The van der Waals surface area contributed by atoms with E-state index in [1.54, 1.807) is 18.7 Å². The summed E-state index contributed by atoms with van der Waals surface area (Å²) in [4.78, 5) is 12.9. The topological polar surface area (TPSA) is 55.1 Å². The average molecular weight is 238 g/mol. The zero-order chi connectivity index (χ0) is 12.2. The lowest BCUT2D eigenvalue weighted by atomic mass is 9.99. The van der Waals surface area contributed by atoms with E-state index in [0.717, 1.165) is 10.6 Å². The third kappa shape index (κ3) is 3.25. The summed E-state index contributed by atoms with van der Waals surface area (Å²) in [7, 11) is 0. The van der Waals surface area contributed by atoms with Crippen LogP contribution in [0.3, 0.4) is 0 Å². The van der Waals surface area contributed by atoms with Crippen LogP contribution in [0.4, 0.5) is 5.69 Å². The van der Waals surface area contributed by atoms with E-state index in [9.17, 15) is 4.79 Å². The van der Waals surface area contributed by atoms with Crippen molar-refractivity contribution in [1.82, 2.24) is 0 Å². The van der Waals surface area contributed by atoms with Crippen molar-refractivity contribution in [3.63, 3.8) is 0 Å². The van der Waals surface area contributed by atoms with Crippen molar-refractivity contribution in [3.8, 4) is 0 Å². The van der Waals surface area contributed by atoms with Gasteiger partial charge in [-0.15, -0.1) is 11.8 Å². The molecular weight excluding hydrogens is 220 g/mol.